The summed E-state index contributed by atoms with van der Waals surface area (Å²) < 4.78 is 18.7. The molecular formula is C19H51NO7Si4. The second-order valence-corrected chi connectivity index (χ2v) is 23.6. The molecule has 0 saturated heterocycles. The van der Waals surface area contributed by atoms with Crippen LogP contribution < -0.4 is 5.32 Å². The molecule has 8 nitrogen and oxygen atoms in total. The highest BCUT2D eigenvalue weighted by Gasteiger charge is 2.44. The number of carbonyl (C=O) groups is 2. The molecule has 0 aliphatic carbocycles. The molecule has 0 aromatic rings. The number of rotatable bonds is 12. The van der Waals surface area contributed by atoms with Crippen LogP contribution in [0, 0.1) is 0 Å². The van der Waals surface area contributed by atoms with Crippen molar-refractivity contribution in [3.8, 4) is 0 Å². The summed E-state index contributed by atoms with van der Waals surface area (Å²) in [5.74, 6) is -1.61. The van der Waals surface area contributed by atoms with Crippen molar-refractivity contribution >= 4 is 45.9 Å². The van der Waals surface area contributed by atoms with Gasteiger partial charge in [-0.2, -0.15) is 0 Å². The SMILES string of the molecule is C.C.C.C.C[Si](C)(C)O[Si](C)(CCCNC(=O)/C=C\C(=O)O)O[Si](C)(C)O[Si](C)(C)O. The third-order valence-electron chi connectivity index (χ3n) is 2.96. The minimum Gasteiger partial charge on any atom is -0.478 e. The molecule has 0 heterocycles. The Balaban J connectivity index is -0.000000563. The lowest BCUT2D eigenvalue weighted by molar-refractivity contribution is -0.131. The van der Waals surface area contributed by atoms with Crippen LogP contribution in [0.5, 0.6) is 0 Å². The highest BCUT2D eigenvalue weighted by atomic mass is 28.5. The average molecular weight is 518 g/mol. The largest absolute Gasteiger partial charge is 0.478 e. The first-order valence-corrected chi connectivity index (χ1v) is 20.6. The van der Waals surface area contributed by atoms with Crippen LogP contribution in [-0.2, 0) is 21.9 Å². The Bertz CT molecular complexity index is 546. The molecule has 1 atom stereocenters. The molecular weight excluding hydrogens is 467 g/mol. The number of aliphatic carboxylic acids is 1. The van der Waals surface area contributed by atoms with E-state index in [2.05, 4.69) is 25.0 Å². The van der Waals surface area contributed by atoms with E-state index in [1.54, 1.807) is 13.1 Å². The Morgan fingerprint density at radius 3 is 1.71 bits per heavy atom. The standard InChI is InChI=1S/C15H35NO7Si4.4CH4/c1-24(2,3)21-27(8,23-26(6,7)22-25(4,5)20)13-9-12-16-14(17)10-11-15(18)19;;;;/h10-11,20H,9,12-13H2,1-8H3,(H,16,17)(H,18,19);4*1H4/b11-10-;;;;. The number of carboxylic acids is 1. The van der Waals surface area contributed by atoms with Crippen molar-refractivity contribution in [1.29, 1.82) is 0 Å². The topological polar surface area (TPSA) is 114 Å². The Hall–Kier alpha value is -0.612. The third kappa shape index (κ3) is 23.9. The lowest BCUT2D eigenvalue weighted by atomic mass is 10.4. The van der Waals surface area contributed by atoms with Crippen LogP contribution in [-0.4, -0.2) is 62.3 Å². The molecule has 0 radical (unpaired) electrons. The van der Waals surface area contributed by atoms with Crippen molar-refractivity contribution in [3.05, 3.63) is 12.2 Å². The summed E-state index contributed by atoms with van der Waals surface area (Å²) in [5.41, 5.74) is 0. The van der Waals surface area contributed by atoms with Gasteiger partial charge in [0, 0.05) is 18.7 Å². The van der Waals surface area contributed by atoms with E-state index in [1.807, 2.05) is 19.6 Å². The fourth-order valence-corrected chi connectivity index (χ4v) is 19.6. The molecule has 0 spiro atoms. The highest BCUT2D eigenvalue weighted by Crippen LogP contribution is 2.27. The average Bonchev–Trinajstić information content (AvgIpc) is 2.35. The maximum absolute atomic E-state index is 11.5. The molecule has 31 heavy (non-hydrogen) atoms. The lowest BCUT2D eigenvalue weighted by Gasteiger charge is -2.40. The fourth-order valence-electron chi connectivity index (χ4n) is 2.74. The Morgan fingerprint density at radius 2 is 1.32 bits per heavy atom. The van der Waals surface area contributed by atoms with E-state index in [0.29, 0.717) is 19.0 Å². The molecule has 0 bridgehead atoms. The molecule has 0 fully saturated rings. The van der Waals surface area contributed by atoms with E-state index < -0.39 is 45.9 Å². The van der Waals surface area contributed by atoms with Gasteiger partial charge in [-0.1, -0.05) is 29.7 Å². The predicted molar refractivity (Wildman–Crippen MR) is 142 cm³/mol. The van der Waals surface area contributed by atoms with Gasteiger partial charge in [-0.15, -0.1) is 0 Å². The van der Waals surface area contributed by atoms with Crippen molar-refractivity contribution in [2.24, 2.45) is 0 Å². The van der Waals surface area contributed by atoms with E-state index in [4.69, 9.17) is 17.5 Å². The molecule has 1 unspecified atom stereocenters. The van der Waals surface area contributed by atoms with E-state index in [9.17, 15) is 14.4 Å². The van der Waals surface area contributed by atoms with Crippen molar-refractivity contribution in [2.45, 2.75) is 94.5 Å². The van der Waals surface area contributed by atoms with Crippen molar-refractivity contribution in [3.63, 3.8) is 0 Å². The van der Waals surface area contributed by atoms with Gasteiger partial charge in [0.15, 0.2) is 8.32 Å². The van der Waals surface area contributed by atoms with Crippen LogP contribution in [0.1, 0.15) is 36.1 Å². The van der Waals surface area contributed by atoms with Gasteiger partial charge < -0.3 is 27.6 Å². The zero-order valence-electron chi connectivity index (χ0n) is 17.7. The fraction of sp³-hybridized carbons (Fsp3) is 0.789. The van der Waals surface area contributed by atoms with Gasteiger partial charge in [0.2, 0.25) is 5.91 Å². The smallest absolute Gasteiger partial charge is 0.328 e. The number of nitrogens with one attached hydrogen (secondary N) is 1. The number of amides is 1. The van der Waals surface area contributed by atoms with Gasteiger partial charge in [0.05, 0.1) is 0 Å². The zero-order chi connectivity index (χ0) is 21.5. The monoisotopic (exact) mass is 517 g/mol. The number of carboxylic acid groups (broad SMARTS) is 1. The van der Waals surface area contributed by atoms with Gasteiger partial charge in [0.25, 0.3) is 0 Å². The van der Waals surface area contributed by atoms with E-state index in [1.165, 1.54) is 0 Å². The minimum absolute atomic E-state index is 0. The lowest BCUT2D eigenvalue weighted by Crippen LogP contribution is -2.57. The molecule has 0 aromatic carbocycles. The minimum atomic E-state index is -2.72. The Labute approximate surface area is 196 Å². The van der Waals surface area contributed by atoms with Crippen LogP contribution in [0.3, 0.4) is 0 Å². The van der Waals surface area contributed by atoms with Crippen LogP contribution in [0.15, 0.2) is 12.2 Å². The molecule has 0 aliphatic heterocycles. The number of hydrogen-bond acceptors (Lipinski definition) is 6. The van der Waals surface area contributed by atoms with Crippen molar-refractivity contribution in [2.75, 3.05) is 6.54 Å². The van der Waals surface area contributed by atoms with Crippen molar-refractivity contribution < 1.29 is 31.8 Å². The van der Waals surface area contributed by atoms with Gasteiger partial charge in [-0.3, -0.25) is 4.79 Å². The van der Waals surface area contributed by atoms with Gasteiger partial charge >= 0.3 is 31.7 Å². The molecule has 0 rings (SSSR count). The molecule has 0 aromatic heterocycles. The first-order valence-electron chi connectivity index (χ1n) is 8.95. The maximum Gasteiger partial charge on any atom is 0.328 e. The first-order chi connectivity index (χ1) is 11.9. The van der Waals surface area contributed by atoms with Crippen molar-refractivity contribution in [1.82, 2.24) is 5.32 Å². The highest BCUT2D eigenvalue weighted by molar-refractivity contribution is 6.88. The zero-order valence-corrected chi connectivity index (χ0v) is 21.7. The summed E-state index contributed by atoms with van der Waals surface area (Å²) in [6, 6.07) is 0.660. The van der Waals surface area contributed by atoms with E-state index >= 15 is 0 Å². The Morgan fingerprint density at radius 1 is 0.839 bits per heavy atom. The maximum atomic E-state index is 11.5. The second kappa shape index (κ2) is 16.1. The molecule has 12 heteroatoms. The van der Waals surface area contributed by atoms with E-state index in [0.717, 1.165) is 12.2 Å². The molecule has 0 saturated carbocycles. The Kier molecular flexibility index (Phi) is 21.1. The predicted octanol–water partition coefficient (Wildman–Crippen LogP) is 5.03. The van der Waals surface area contributed by atoms with Crippen LogP contribution in [0.25, 0.3) is 0 Å². The third-order valence-corrected chi connectivity index (χ3v) is 16.1. The summed E-state index contributed by atoms with van der Waals surface area (Å²) in [6.07, 6.45) is 2.44. The second-order valence-electron chi connectivity index (χ2n) is 8.47. The van der Waals surface area contributed by atoms with Crippen LogP contribution in [0.4, 0.5) is 0 Å². The summed E-state index contributed by atoms with van der Waals surface area (Å²) >= 11 is 0. The number of hydrogen-bond donors (Lipinski definition) is 3. The van der Waals surface area contributed by atoms with Gasteiger partial charge in [-0.05, 0) is 64.8 Å². The number of carbonyl (C=O) groups excluding carboxylic acids is 1. The summed E-state index contributed by atoms with van der Waals surface area (Å²) in [5, 5.41) is 11.2. The van der Waals surface area contributed by atoms with Crippen LogP contribution >= 0.6 is 0 Å². The van der Waals surface area contributed by atoms with Gasteiger partial charge in [-0.25, -0.2) is 4.79 Å². The molecule has 190 valence electrons. The summed E-state index contributed by atoms with van der Waals surface area (Å²) in [4.78, 5) is 32.1. The van der Waals surface area contributed by atoms with E-state index in [-0.39, 0.29) is 29.7 Å². The van der Waals surface area contributed by atoms with Gasteiger partial charge in [0.1, 0.15) is 0 Å². The molecule has 1 amide bonds. The summed E-state index contributed by atoms with van der Waals surface area (Å²) in [6.45, 7) is 15.9. The normalized spacial score (nSPS) is 13.6. The quantitative estimate of drug-likeness (QED) is 0.189. The summed E-state index contributed by atoms with van der Waals surface area (Å²) in [7, 11) is -9.75. The first kappa shape index (κ1) is 40.7. The molecule has 0 aliphatic rings. The molecule has 3 N–H and O–H groups in total. The van der Waals surface area contributed by atoms with Crippen LogP contribution in [0.2, 0.25) is 58.4 Å².